The number of aromatic nitrogens is 1. The van der Waals surface area contributed by atoms with Crippen molar-refractivity contribution >= 4 is 28.6 Å². The van der Waals surface area contributed by atoms with E-state index in [4.69, 9.17) is 9.84 Å². The maximum atomic E-state index is 11.2. The zero-order valence-electron chi connectivity index (χ0n) is 10.9. The van der Waals surface area contributed by atoms with Crippen LogP contribution in [0.25, 0.3) is 10.9 Å². The lowest BCUT2D eigenvalue weighted by Crippen LogP contribution is -2.07. The molecule has 1 unspecified atom stereocenters. The predicted octanol–water partition coefficient (Wildman–Crippen LogP) is 3.20. The first kappa shape index (κ1) is 13.4. The van der Waals surface area contributed by atoms with E-state index in [-0.39, 0.29) is 0 Å². The Labute approximate surface area is 121 Å². The van der Waals surface area contributed by atoms with E-state index in [1.807, 2.05) is 18.2 Å². The van der Waals surface area contributed by atoms with E-state index in [0.717, 1.165) is 35.7 Å². The zero-order valence-corrected chi connectivity index (χ0v) is 11.7. The third-order valence-electron chi connectivity index (χ3n) is 3.38. The van der Waals surface area contributed by atoms with Gasteiger partial charge in [-0.25, -0.2) is 9.78 Å². The van der Waals surface area contributed by atoms with Gasteiger partial charge in [0.15, 0.2) is 0 Å². The van der Waals surface area contributed by atoms with Gasteiger partial charge in [0, 0.05) is 17.7 Å². The van der Waals surface area contributed by atoms with Crippen molar-refractivity contribution in [3.05, 3.63) is 35.9 Å². The molecule has 104 valence electrons. The van der Waals surface area contributed by atoms with E-state index in [1.165, 1.54) is 0 Å². The number of carbonyl (C=O) groups is 1. The van der Waals surface area contributed by atoms with Crippen molar-refractivity contribution in [3.63, 3.8) is 0 Å². The van der Waals surface area contributed by atoms with Crippen molar-refractivity contribution < 1.29 is 14.6 Å². The molecule has 1 aliphatic rings. The van der Waals surface area contributed by atoms with Crippen LogP contribution in [0.2, 0.25) is 0 Å². The number of benzene rings is 1. The number of nitrogens with zero attached hydrogens (tertiary/aromatic N) is 1. The Hall–Kier alpha value is -1.59. The molecule has 0 saturated carbocycles. The van der Waals surface area contributed by atoms with Gasteiger partial charge in [0.1, 0.15) is 0 Å². The van der Waals surface area contributed by atoms with Gasteiger partial charge in [-0.05, 0) is 37.1 Å². The summed E-state index contributed by atoms with van der Waals surface area (Å²) in [6.45, 7) is 0.859. The van der Waals surface area contributed by atoms with Crippen LogP contribution in [-0.2, 0) is 4.74 Å². The van der Waals surface area contributed by atoms with E-state index in [1.54, 1.807) is 23.9 Å². The van der Waals surface area contributed by atoms with Gasteiger partial charge in [-0.2, -0.15) is 0 Å². The maximum Gasteiger partial charge on any atom is 0.336 e. The van der Waals surface area contributed by atoms with Crippen LogP contribution in [0, 0.1) is 0 Å². The van der Waals surface area contributed by atoms with E-state index >= 15 is 0 Å². The van der Waals surface area contributed by atoms with Crippen molar-refractivity contribution in [2.24, 2.45) is 0 Å². The Balaban J connectivity index is 1.81. The molecular formula is C15H15NO3S. The van der Waals surface area contributed by atoms with Gasteiger partial charge in [0.25, 0.3) is 0 Å². The lowest BCUT2D eigenvalue weighted by Gasteiger charge is -2.09. The molecule has 0 spiro atoms. The van der Waals surface area contributed by atoms with Gasteiger partial charge in [-0.3, -0.25) is 0 Å². The number of rotatable bonds is 4. The smallest absolute Gasteiger partial charge is 0.336 e. The number of ether oxygens (including phenoxy) is 1. The second-order valence-electron chi connectivity index (χ2n) is 4.77. The highest BCUT2D eigenvalue weighted by molar-refractivity contribution is 7.99. The molecule has 2 aromatic rings. The van der Waals surface area contributed by atoms with E-state index in [2.05, 4.69) is 4.98 Å². The summed E-state index contributed by atoms with van der Waals surface area (Å²) in [5, 5.41) is 10.7. The highest BCUT2D eigenvalue weighted by Crippen LogP contribution is 2.25. The Morgan fingerprint density at radius 2 is 2.30 bits per heavy atom. The van der Waals surface area contributed by atoms with E-state index in [9.17, 15) is 4.79 Å². The van der Waals surface area contributed by atoms with Crippen molar-refractivity contribution in [1.82, 2.24) is 4.98 Å². The molecule has 1 aromatic carbocycles. The Morgan fingerprint density at radius 1 is 1.40 bits per heavy atom. The molecule has 1 atom stereocenters. The van der Waals surface area contributed by atoms with Gasteiger partial charge < -0.3 is 9.84 Å². The van der Waals surface area contributed by atoms with Crippen molar-refractivity contribution in [1.29, 1.82) is 0 Å². The van der Waals surface area contributed by atoms with Crippen LogP contribution in [0.1, 0.15) is 23.2 Å². The Kier molecular flexibility index (Phi) is 3.89. The summed E-state index contributed by atoms with van der Waals surface area (Å²) in [4.78, 5) is 15.7. The van der Waals surface area contributed by atoms with E-state index < -0.39 is 5.97 Å². The minimum absolute atomic E-state index is 0.297. The number of hydrogen-bond donors (Lipinski definition) is 1. The third kappa shape index (κ3) is 2.78. The van der Waals surface area contributed by atoms with Gasteiger partial charge in [0.05, 0.1) is 22.2 Å². The SMILES string of the molecule is O=C(O)c1cccc2nc(SCC3CCCO3)ccc12. The van der Waals surface area contributed by atoms with Crippen molar-refractivity contribution in [2.45, 2.75) is 24.0 Å². The highest BCUT2D eigenvalue weighted by Gasteiger charge is 2.16. The molecule has 0 aliphatic carbocycles. The maximum absolute atomic E-state index is 11.2. The van der Waals surface area contributed by atoms with Gasteiger partial charge >= 0.3 is 5.97 Å². The molecule has 1 aliphatic heterocycles. The van der Waals surface area contributed by atoms with Crippen LogP contribution in [0.3, 0.4) is 0 Å². The minimum atomic E-state index is -0.919. The average molecular weight is 289 g/mol. The second-order valence-corrected chi connectivity index (χ2v) is 5.81. The van der Waals surface area contributed by atoms with Gasteiger partial charge in [-0.15, -0.1) is 11.8 Å². The van der Waals surface area contributed by atoms with Crippen LogP contribution in [0.5, 0.6) is 0 Å². The van der Waals surface area contributed by atoms with E-state index in [0.29, 0.717) is 17.1 Å². The number of carboxylic acids is 1. The summed E-state index contributed by atoms with van der Waals surface area (Å²) in [7, 11) is 0. The molecule has 1 fully saturated rings. The number of pyridine rings is 1. The molecule has 20 heavy (non-hydrogen) atoms. The molecule has 3 rings (SSSR count). The van der Waals surface area contributed by atoms with Crippen LogP contribution in [0.4, 0.5) is 0 Å². The molecule has 0 radical (unpaired) electrons. The minimum Gasteiger partial charge on any atom is -0.478 e. The van der Waals surface area contributed by atoms with Gasteiger partial charge in [-0.1, -0.05) is 6.07 Å². The number of thioether (sulfide) groups is 1. The molecule has 4 nitrogen and oxygen atoms in total. The molecule has 0 amide bonds. The molecule has 1 aromatic heterocycles. The summed E-state index contributed by atoms with van der Waals surface area (Å²) >= 11 is 1.66. The first-order valence-corrected chi connectivity index (χ1v) is 7.60. The monoisotopic (exact) mass is 289 g/mol. The van der Waals surface area contributed by atoms with Crippen molar-refractivity contribution in [2.75, 3.05) is 12.4 Å². The Morgan fingerprint density at radius 3 is 3.05 bits per heavy atom. The first-order valence-electron chi connectivity index (χ1n) is 6.61. The fourth-order valence-electron chi connectivity index (χ4n) is 2.36. The number of carboxylic acid groups (broad SMARTS) is 1. The summed E-state index contributed by atoms with van der Waals surface area (Å²) in [5.41, 5.74) is 1.02. The van der Waals surface area contributed by atoms with Crippen LogP contribution in [0.15, 0.2) is 35.4 Å². The number of aromatic carboxylic acids is 1. The average Bonchev–Trinajstić information content (AvgIpc) is 2.97. The molecule has 5 heteroatoms. The van der Waals surface area contributed by atoms with Crippen LogP contribution < -0.4 is 0 Å². The topological polar surface area (TPSA) is 59.4 Å². The summed E-state index contributed by atoms with van der Waals surface area (Å²) in [6.07, 6.45) is 2.57. The summed E-state index contributed by atoms with van der Waals surface area (Å²) in [5.74, 6) is -0.0194. The van der Waals surface area contributed by atoms with Crippen molar-refractivity contribution in [3.8, 4) is 0 Å². The lowest BCUT2D eigenvalue weighted by molar-refractivity contribution is 0.0699. The fraction of sp³-hybridized carbons (Fsp3) is 0.333. The standard InChI is InChI=1S/C15H15NO3S/c17-15(18)12-4-1-5-13-11(12)6-7-14(16-13)20-9-10-3-2-8-19-10/h1,4-7,10H,2-3,8-9H2,(H,17,18). The molecule has 2 heterocycles. The summed E-state index contributed by atoms with van der Waals surface area (Å²) in [6, 6.07) is 8.90. The quantitative estimate of drug-likeness (QED) is 0.876. The van der Waals surface area contributed by atoms with Crippen LogP contribution in [-0.4, -0.2) is 34.5 Å². The second kappa shape index (κ2) is 5.81. The lowest BCUT2D eigenvalue weighted by atomic mass is 10.1. The molecule has 1 N–H and O–H groups in total. The molecular weight excluding hydrogens is 274 g/mol. The normalized spacial score (nSPS) is 18.5. The third-order valence-corrected chi connectivity index (χ3v) is 4.44. The Bertz CT molecular complexity index is 638. The molecule has 1 saturated heterocycles. The summed E-state index contributed by atoms with van der Waals surface area (Å²) < 4.78 is 5.59. The van der Waals surface area contributed by atoms with Gasteiger partial charge in [0.2, 0.25) is 0 Å². The number of fused-ring (bicyclic) bond motifs is 1. The zero-order chi connectivity index (χ0) is 13.9. The highest BCUT2D eigenvalue weighted by atomic mass is 32.2. The largest absolute Gasteiger partial charge is 0.478 e. The molecule has 0 bridgehead atoms. The van der Waals surface area contributed by atoms with Crippen LogP contribution >= 0.6 is 11.8 Å². The predicted molar refractivity (Wildman–Crippen MR) is 78.4 cm³/mol. The first-order chi connectivity index (χ1) is 9.74. The number of hydrogen-bond acceptors (Lipinski definition) is 4. The fourth-order valence-corrected chi connectivity index (χ4v) is 3.30.